The van der Waals surface area contributed by atoms with Gasteiger partial charge in [0.25, 0.3) is 0 Å². The van der Waals surface area contributed by atoms with Gasteiger partial charge in [0, 0.05) is 7.05 Å². The number of rotatable bonds is 4. The lowest BCUT2D eigenvalue weighted by atomic mass is 10.4. The van der Waals surface area contributed by atoms with Crippen molar-refractivity contribution >= 4 is 28.4 Å². The first-order valence-corrected chi connectivity index (χ1v) is 5.75. The van der Waals surface area contributed by atoms with Crippen LogP contribution in [0.5, 0.6) is 0 Å². The highest BCUT2D eigenvalue weighted by Crippen LogP contribution is 2.23. The normalized spacial score (nSPS) is 11.8. The number of carbonyl (C=O) groups excluding carboxylic acids is 2. The molecule has 0 fully saturated rings. The number of aryl methyl sites for hydroxylation is 1. The maximum atomic E-state index is 11.7. The number of carbonyl (C=O) groups is 2. The van der Waals surface area contributed by atoms with Gasteiger partial charge in [0.2, 0.25) is 0 Å². The Labute approximate surface area is 103 Å². The van der Waals surface area contributed by atoms with E-state index in [9.17, 15) is 9.59 Å². The lowest BCUT2D eigenvalue weighted by Crippen LogP contribution is -2.25. The summed E-state index contributed by atoms with van der Waals surface area (Å²) in [6.07, 6.45) is -0.924. The highest BCUT2D eigenvalue weighted by molar-refractivity contribution is 7.17. The molecule has 1 N–H and O–H groups in total. The van der Waals surface area contributed by atoms with E-state index in [0.29, 0.717) is 15.7 Å². The summed E-state index contributed by atoms with van der Waals surface area (Å²) in [4.78, 5) is 27.3. The van der Waals surface area contributed by atoms with E-state index >= 15 is 0 Å². The molecule has 1 unspecified atom stereocenters. The number of ether oxygens (including phenoxy) is 2. The van der Waals surface area contributed by atoms with Gasteiger partial charge in [-0.1, -0.05) is 11.3 Å². The first kappa shape index (κ1) is 13.4. The molecule has 94 valence electrons. The number of nitrogens with zero attached hydrogens (tertiary/aromatic N) is 1. The monoisotopic (exact) mass is 258 g/mol. The van der Waals surface area contributed by atoms with Crippen LogP contribution in [-0.2, 0) is 14.3 Å². The first-order chi connectivity index (χ1) is 7.99. The molecule has 0 aromatic carbocycles. The molecule has 0 saturated carbocycles. The fraction of sp³-hybridized carbons (Fsp3) is 0.500. The smallest absolute Gasteiger partial charge is 0.351 e. The molecule has 1 aromatic heterocycles. The predicted molar refractivity (Wildman–Crippen MR) is 63.3 cm³/mol. The maximum absolute atomic E-state index is 11.7. The van der Waals surface area contributed by atoms with E-state index in [1.54, 1.807) is 14.0 Å². The zero-order valence-corrected chi connectivity index (χ0v) is 10.9. The van der Waals surface area contributed by atoms with E-state index in [0.717, 1.165) is 0 Å². The van der Waals surface area contributed by atoms with Gasteiger partial charge in [-0.2, -0.15) is 0 Å². The SMILES string of the molecule is CNc1nc(C)c(C(=O)OC(C)C(=O)OC)s1. The number of nitrogens with one attached hydrogen (secondary N) is 1. The minimum Gasteiger partial charge on any atom is -0.466 e. The molecule has 0 bridgehead atoms. The van der Waals surface area contributed by atoms with Crippen LogP contribution in [0.25, 0.3) is 0 Å². The number of aromatic nitrogens is 1. The van der Waals surface area contributed by atoms with Crippen LogP contribution >= 0.6 is 11.3 Å². The summed E-state index contributed by atoms with van der Waals surface area (Å²) in [6, 6.07) is 0. The van der Waals surface area contributed by atoms with E-state index < -0.39 is 18.0 Å². The second kappa shape index (κ2) is 5.62. The molecule has 6 nitrogen and oxygen atoms in total. The summed E-state index contributed by atoms with van der Waals surface area (Å²) in [5.41, 5.74) is 0.571. The van der Waals surface area contributed by atoms with Crippen LogP contribution < -0.4 is 5.32 Å². The van der Waals surface area contributed by atoms with Crippen molar-refractivity contribution in [3.8, 4) is 0 Å². The van der Waals surface area contributed by atoms with Crippen molar-refractivity contribution in [2.75, 3.05) is 19.5 Å². The van der Waals surface area contributed by atoms with E-state index in [1.165, 1.54) is 25.4 Å². The van der Waals surface area contributed by atoms with E-state index in [1.807, 2.05) is 0 Å². The Kier molecular flexibility index (Phi) is 4.45. The van der Waals surface area contributed by atoms with Gasteiger partial charge in [-0.05, 0) is 13.8 Å². The Hall–Kier alpha value is -1.63. The molecule has 0 aliphatic rings. The molecule has 1 rings (SSSR count). The Bertz CT molecular complexity index is 430. The minimum atomic E-state index is -0.924. The number of esters is 2. The third-order valence-corrected chi connectivity index (χ3v) is 3.17. The maximum Gasteiger partial charge on any atom is 0.351 e. The first-order valence-electron chi connectivity index (χ1n) is 4.93. The molecular formula is C10H14N2O4S. The van der Waals surface area contributed by atoms with Gasteiger partial charge in [0.05, 0.1) is 12.8 Å². The molecular weight excluding hydrogens is 244 g/mol. The van der Waals surface area contributed by atoms with Crippen LogP contribution in [0, 0.1) is 6.92 Å². The van der Waals surface area contributed by atoms with Crippen LogP contribution in [0.3, 0.4) is 0 Å². The fourth-order valence-corrected chi connectivity index (χ4v) is 1.92. The van der Waals surface area contributed by atoms with E-state index in [2.05, 4.69) is 15.0 Å². The molecule has 0 amide bonds. The van der Waals surface area contributed by atoms with Crippen molar-refractivity contribution in [3.05, 3.63) is 10.6 Å². The predicted octanol–water partition coefficient (Wildman–Crippen LogP) is 1.21. The van der Waals surface area contributed by atoms with Crippen molar-refractivity contribution in [3.63, 3.8) is 0 Å². The van der Waals surface area contributed by atoms with Gasteiger partial charge in [-0.15, -0.1) is 0 Å². The molecule has 7 heteroatoms. The van der Waals surface area contributed by atoms with Gasteiger partial charge in [0.1, 0.15) is 4.88 Å². The van der Waals surface area contributed by atoms with Crippen molar-refractivity contribution in [2.45, 2.75) is 20.0 Å². The lowest BCUT2D eigenvalue weighted by Gasteiger charge is -2.09. The Balaban J connectivity index is 2.76. The highest BCUT2D eigenvalue weighted by Gasteiger charge is 2.22. The zero-order chi connectivity index (χ0) is 13.0. The molecule has 1 heterocycles. The topological polar surface area (TPSA) is 77.5 Å². The Morgan fingerprint density at radius 1 is 1.47 bits per heavy atom. The molecule has 0 saturated heterocycles. The molecule has 0 spiro atoms. The van der Waals surface area contributed by atoms with Crippen molar-refractivity contribution in [1.82, 2.24) is 4.98 Å². The molecule has 0 aliphatic carbocycles. The van der Waals surface area contributed by atoms with Gasteiger partial charge in [-0.3, -0.25) is 0 Å². The standard InChI is InChI=1S/C10H14N2O4S/c1-5-7(17-10(11-3)12-5)9(14)16-6(2)8(13)15-4/h6H,1-4H3,(H,11,12). The minimum absolute atomic E-state index is 0.380. The molecule has 0 aliphatic heterocycles. The molecule has 0 radical (unpaired) electrons. The van der Waals surface area contributed by atoms with Crippen LogP contribution in [0.2, 0.25) is 0 Å². The van der Waals surface area contributed by atoms with Crippen LogP contribution in [0.1, 0.15) is 22.3 Å². The number of anilines is 1. The Morgan fingerprint density at radius 2 is 2.12 bits per heavy atom. The summed E-state index contributed by atoms with van der Waals surface area (Å²) in [7, 11) is 2.95. The summed E-state index contributed by atoms with van der Waals surface area (Å²) in [5, 5.41) is 3.46. The summed E-state index contributed by atoms with van der Waals surface area (Å²) in [5.74, 6) is -1.16. The third-order valence-electron chi connectivity index (χ3n) is 2.01. The summed E-state index contributed by atoms with van der Waals surface area (Å²) in [6.45, 7) is 3.16. The zero-order valence-electron chi connectivity index (χ0n) is 10.1. The average Bonchev–Trinajstić information content (AvgIpc) is 2.69. The van der Waals surface area contributed by atoms with Gasteiger partial charge in [0.15, 0.2) is 11.2 Å². The van der Waals surface area contributed by atoms with Crippen LogP contribution in [0.4, 0.5) is 5.13 Å². The van der Waals surface area contributed by atoms with Crippen LogP contribution in [0.15, 0.2) is 0 Å². The quantitative estimate of drug-likeness (QED) is 0.818. The van der Waals surface area contributed by atoms with Crippen LogP contribution in [-0.4, -0.2) is 37.2 Å². The summed E-state index contributed by atoms with van der Waals surface area (Å²) < 4.78 is 9.42. The fourth-order valence-electron chi connectivity index (χ4n) is 1.12. The third kappa shape index (κ3) is 3.16. The van der Waals surface area contributed by atoms with Crippen molar-refractivity contribution in [1.29, 1.82) is 0 Å². The average molecular weight is 258 g/mol. The van der Waals surface area contributed by atoms with Gasteiger partial charge < -0.3 is 14.8 Å². The van der Waals surface area contributed by atoms with Crippen molar-refractivity contribution < 1.29 is 19.1 Å². The second-order valence-corrected chi connectivity index (χ2v) is 4.25. The van der Waals surface area contributed by atoms with Gasteiger partial charge in [-0.25, -0.2) is 14.6 Å². The Morgan fingerprint density at radius 3 is 2.59 bits per heavy atom. The van der Waals surface area contributed by atoms with E-state index in [-0.39, 0.29) is 0 Å². The number of hydrogen-bond donors (Lipinski definition) is 1. The molecule has 17 heavy (non-hydrogen) atoms. The van der Waals surface area contributed by atoms with Crippen molar-refractivity contribution in [2.24, 2.45) is 0 Å². The lowest BCUT2D eigenvalue weighted by molar-refractivity contribution is -0.149. The highest BCUT2D eigenvalue weighted by atomic mass is 32.1. The second-order valence-electron chi connectivity index (χ2n) is 3.25. The number of thiazole rings is 1. The van der Waals surface area contributed by atoms with E-state index in [4.69, 9.17) is 4.74 Å². The molecule has 1 atom stereocenters. The number of hydrogen-bond acceptors (Lipinski definition) is 7. The largest absolute Gasteiger partial charge is 0.466 e. The summed E-state index contributed by atoms with van der Waals surface area (Å²) >= 11 is 1.18. The van der Waals surface area contributed by atoms with Gasteiger partial charge >= 0.3 is 11.9 Å². The number of methoxy groups -OCH3 is 1. The molecule has 1 aromatic rings.